The molecule has 0 heterocycles. The van der Waals surface area contributed by atoms with Gasteiger partial charge in [0.15, 0.2) is 0 Å². The van der Waals surface area contributed by atoms with Crippen LogP contribution in [0, 0.1) is 0 Å². The Morgan fingerprint density at radius 1 is 1.00 bits per heavy atom. The molecule has 2 aromatic carbocycles. The molecule has 1 atom stereocenters. The maximum atomic E-state index is 9.80. The number of rotatable bonds is 3. The molecule has 0 amide bonds. The summed E-state index contributed by atoms with van der Waals surface area (Å²) < 4.78 is 5.86. The number of hydrogen-bond donors (Lipinski definition) is 1. The van der Waals surface area contributed by atoms with Crippen molar-refractivity contribution in [3.05, 3.63) is 42.0 Å². The molecule has 0 aliphatic rings. The largest absolute Gasteiger partial charge is 0.490 e. The second kappa shape index (κ2) is 4.76. The van der Waals surface area contributed by atoms with Crippen LogP contribution in [0.3, 0.4) is 0 Å². The minimum absolute atomic E-state index is 0.0957. The summed E-state index contributed by atoms with van der Waals surface area (Å²) in [6, 6.07) is 12.0. The van der Waals surface area contributed by atoms with Crippen LogP contribution in [0.1, 0.15) is 32.4 Å². The third-order valence-corrected chi connectivity index (χ3v) is 2.71. The number of hydrogen-bond acceptors (Lipinski definition) is 2. The number of aliphatic hydroxyl groups excluding tert-OH is 1. The van der Waals surface area contributed by atoms with Crippen molar-refractivity contribution in [2.45, 2.75) is 33.0 Å². The quantitative estimate of drug-likeness (QED) is 0.871. The maximum absolute atomic E-state index is 9.80. The van der Waals surface area contributed by atoms with E-state index in [0.29, 0.717) is 0 Å². The molecule has 0 spiro atoms. The molecular weight excluding hydrogens is 212 g/mol. The summed E-state index contributed by atoms with van der Waals surface area (Å²) in [6.07, 6.45) is -0.424. The molecule has 17 heavy (non-hydrogen) atoms. The molecule has 90 valence electrons. The molecule has 0 unspecified atom stereocenters. The summed E-state index contributed by atoms with van der Waals surface area (Å²) in [5.41, 5.74) is 0.845. The molecule has 2 nitrogen and oxygen atoms in total. The second-order valence-corrected chi connectivity index (χ2v) is 4.55. The zero-order valence-electron chi connectivity index (χ0n) is 10.5. The van der Waals surface area contributed by atoms with Crippen LogP contribution in [0.2, 0.25) is 0 Å². The molecule has 0 radical (unpaired) electrons. The lowest BCUT2D eigenvalue weighted by Crippen LogP contribution is -2.09. The molecular formula is C15H18O2. The predicted molar refractivity (Wildman–Crippen MR) is 70.3 cm³/mol. The van der Waals surface area contributed by atoms with E-state index < -0.39 is 6.10 Å². The highest BCUT2D eigenvalue weighted by atomic mass is 16.5. The minimum Gasteiger partial charge on any atom is -0.490 e. The molecule has 0 saturated heterocycles. The van der Waals surface area contributed by atoms with Crippen molar-refractivity contribution >= 4 is 10.8 Å². The number of fused-ring (bicyclic) bond motifs is 1. The molecule has 0 aliphatic carbocycles. The summed E-state index contributed by atoms with van der Waals surface area (Å²) in [5.74, 6) is 0.799. The van der Waals surface area contributed by atoms with Crippen molar-refractivity contribution < 1.29 is 9.84 Å². The Balaban J connectivity index is 2.66. The van der Waals surface area contributed by atoms with Crippen LogP contribution in [0.5, 0.6) is 5.75 Å². The molecule has 0 fully saturated rings. The zero-order valence-corrected chi connectivity index (χ0v) is 10.5. The van der Waals surface area contributed by atoms with Gasteiger partial charge in [0.1, 0.15) is 5.75 Å². The van der Waals surface area contributed by atoms with E-state index in [-0.39, 0.29) is 6.10 Å². The van der Waals surface area contributed by atoms with Crippen LogP contribution >= 0.6 is 0 Å². The summed E-state index contributed by atoms with van der Waals surface area (Å²) >= 11 is 0. The first kappa shape index (κ1) is 11.9. The van der Waals surface area contributed by atoms with Crippen LogP contribution < -0.4 is 4.74 Å². The molecule has 2 rings (SSSR count). The van der Waals surface area contributed by atoms with Crippen molar-refractivity contribution in [1.82, 2.24) is 0 Å². The van der Waals surface area contributed by atoms with Crippen LogP contribution in [0.25, 0.3) is 10.8 Å². The predicted octanol–water partition coefficient (Wildman–Crippen LogP) is 3.68. The first-order valence-electron chi connectivity index (χ1n) is 5.96. The lowest BCUT2D eigenvalue weighted by atomic mass is 10.0. The summed E-state index contributed by atoms with van der Waals surface area (Å²) in [5, 5.41) is 12.0. The summed E-state index contributed by atoms with van der Waals surface area (Å²) in [4.78, 5) is 0. The topological polar surface area (TPSA) is 29.5 Å². The summed E-state index contributed by atoms with van der Waals surface area (Å²) in [7, 11) is 0. The van der Waals surface area contributed by atoms with Crippen molar-refractivity contribution in [3.63, 3.8) is 0 Å². The Hall–Kier alpha value is -1.54. The third kappa shape index (κ3) is 2.42. The highest BCUT2D eigenvalue weighted by Gasteiger charge is 2.13. The van der Waals surface area contributed by atoms with E-state index in [1.807, 2.05) is 50.2 Å². The van der Waals surface area contributed by atoms with E-state index in [2.05, 4.69) is 0 Å². The van der Waals surface area contributed by atoms with Crippen molar-refractivity contribution in [2.75, 3.05) is 0 Å². The van der Waals surface area contributed by atoms with Crippen LogP contribution in [-0.4, -0.2) is 11.2 Å². The van der Waals surface area contributed by atoms with Gasteiger partial charge in [0.25, 0.3) is 0 Å². The zero-order chi connectivity index (χ0) is 12.4. The third-order valence-electron chi connectivity index (χ3n) is 2.71. The van der Waals surface area contributed by atoms with Crippen LogP contribution in [-0.2, 0) is 0 Å². The van der Waals surface area contributed by atoms with Crippen molar-refractivity contribution in [1.29, 1.82) is 0 Å². The van der Waals surface area contributed by atoms with Gasteiger partial charge in [-0.05, 0) is 26.2 Å². The highest BCUT2D eigenvalue weighted by molar-refractivity contribution is 5.89. The number of aliphatic hydroxyl groups is 1. The van der Waals surface area contributed by atoms with Gasteiger partial charge < -0.3 is 9.84 Å². The molecule has 2 aromatic rings. The van der Waals surface area contributed by atoms with E-state index in [4.69, 9.17) is 4.74 Å². The molecule has 0 aromatic heterocycles. The Morgan fingerprint density at radius 2 is 1.71 bits per heavy atom. The van der Waals surface area contributed by atoms with Gasteiger partial charge in [-0.15, -0.1) is 0 Å². The van der Waals surface area contributed by atoms with Gasteiger partial charge in [-0.1, -0.05) is 36.4 Å². The standard InChI is InChI=1S/C15H18O2/c1-10(2)17-15-13(11(3)16)9-8-12-6-4-5-7-14(12)15/h4-11,16H,1-3H3/t11-/m0/s1. The van der Waals surface area contributed by atoms with Gasteiger partial charge >= 0.3 is 0 Å². The van der Waals surface area contributed by atoms with Gasteiger partial charge in [0.05, 0.1) is 12.2 Å². The summed E-state index contributed by atoms with van der Waals surface area (Å²) in [6.45, 7) is 5.75. The number of benzene rings is 2. The Bertz CT molecular complexity index is 515. The maximum Gasteiger partial charge on any atom is 0.133 e. The monoisotopic (exact) mass is 230 g/mol. The van der Waals surface area contributed by atoms with E-state index >= 15 is 0 Å². The molecule has 2 heteroatoms. The van der Waals surface area contributed by atoms with Gasteiger partial charge in [-0.25, -0.2) is 0 Å². The fourth-order valence-electron chi connectivity index (χ4n) is 1.96. The lowest BCUT2D eigenvalue weighted by molar-refractivity contribution is 0.184. The van der Waals surface area contributed by atoms with Crippen molar-refractivity contribution in [2.24, 2.45) is 0 Å². The molecule has 0 bridgehead atoms. The molecule has 0 saturated carbocycles. The lowest BCUT2D eigenvalue weighted by Gasteiger charge is -2.18. The average molecular weight is 230 g/mol. The SMILES string of the molecule is CC(C)Oc1c([C@H](C)O)ccc2ccccc12. The number of ether oxygens (including phenoxy) is 1. The fraction of sp³-hybridized carbons (Fsp3) is 0.333. The van der Waals surface area contributed by atoms with Gasteiger partial charge in [-0.3, -0.25) is 0 Å². The smallest absolute Gasteiger partial charge is 0.133 e. The van der Waals surface area contributed by atoms with Gasteiger partial charge in [0.2, 0.25) is 0 Å². The average Bonchev–Trinajstić information content (AvgIpc) is 2.28. The molecule has 0 aliphatic heterocycles. The van der Waals surface area contributed by atoms with Gasteiger partial charge in [0, 0.05) is 10.9 Å². The van der Waals surface area contributed by atoms with E-state index in [1.165, 1.54) is 0 Å². The first-order chi connectivity index (χ1) is 8.09. The van der Waals surface area contributed by atoms with E-state index in [0.717, 1.165) is 22.1 Å². The van der Waals surface area contributed by atoms with Gasteiger partial charge in [-0.2, -0.15) is 0 Å². The normalized spacial score (nSPS) is 13.0. The fourth-order valence-corrected chi connectivity index (χ4v) is 1.96. The van der Waals surface area contributed by atoms with E-state index in [9.17, 15) is 5.11 Å². The van der Waals surface area contributed by atoms with Crippen molar-refractivity contribution in [3.8, 4) is 5.75 Å². The molecule has 1 N–H and O–H groups in total. The highest BCUT2D eigenvalue weighted by Crippen LogP contribution is 2.34. The van der Waals surface area contributed by atoms with E-state index in [1.54, 1.807) is 6.92 Å². The van der Waals surface area contributed by atoms with Crippen LogP contribution in [0.4, 0.5) is 0 Å². The Labute approximate surface area is 102 Å². The Morgan fingerprint density at radius 3 is 2.35 bits per heavy atom. The second-order valence-electron chi connectivity index (χ2n) is 4.55. The Kier molecular flexibility index (Phi) is 3.34. The minimum atomic E-state index is -0.520. The first-order valence-corrected chi connectivity index (χ1v) is 5.96. The van der Waals surface area contributed by atoms with Crippen LogP contribution in [0.15, 0.2) is 36.4 Å².